The number of anilines is 1. The van der Waals surface area contributed by atoms with Crippen molar-refractivity contribution in [1.82, 2.24) is 5.32 Å². The van der Waals surface area contributed by atoms with Gasteiger partial charge in [0.1, 0.15) is 10.5 Å². The van der Waals surface area contributed by atoms with Crippen molar-refractivity contribution in [2.75, 3.05) is 11.9 Å². The monoisotopic (exact) mass is 297 g/mol. The van der Waals surface area contributed by atoms with Crippen LogP contribution in [0, 0.1) is 0 Å². The van der Waals surface area contributed by atoms with Crippen LogP contribution in [0.5, 0.6) is 0 Å². The number of thiophene rings is 1. The zero-order chi connectivity index (χ0) is 14.8. The minimum Gasteiger partial charge on any atom is -0.480 e. The molecule has 0 aromatic carbocycles. The van der Waals surface area contributed by atoms with Crippen molar-refractivity contribution < 1.29 is 19.5 Å². The van der Waals surface area contributed by atoms with Gasteiger partial charge in [-0.1, -0.05) is 0 Å². The molecule has 1 heterocycles. The van der Waals surface area contributed by atoms with Crippen molar-refractivity contribution in [2.45, 2.75) is 24.8 Å². The Hall–Kier alpha value is -1.93. The van der Waals surface area contributed by atoms with Crippen LogP contribution in [0.1, 0.15) is 29.6 Å². The van der Waals surface area contributed by atoms with Crippen LogP contribution in [0.3, 0.4) is 0 Å². The van der Waals surface area contributed by atoms with E-state index in [4.69, 9.17) is 10.8 Å². The fourth-order valence-corrected chi connectivity index (χ4v) is 2.83. The highest BCUT2D eigenvalue weighted by atomic mass is 32.1. The smallest absolute Gasteiger partial charge is 0.323 e. The highest BCUT2D eigenvalue weighted by Crippen LogP contribution is 2.31. The summed E-state index contributed by atoms with van der Waals surface area (Å²) in [5.74, 6) is -1.96. The van der Waals surface area contributed by atoms with Gasteiger partial charge in [0, 0.05) is 0 Å². The fourth-order valence-electron chi connectivity index (χ4n) is 2.02. The van der Waals surface area contributed by atoms with Gasteiger partial charge in [0.05, 0.1) is 12.1 Å². The zero-order valence-electron chi connectivity index (χ0n) is 10.6. The first-order valence-electron chi connectivity index (χ1n) is 6.10. The van der Waals surface area contributed by atoms with Crippen molar-refractivity contribution in [1.29, 1.82) is 0 Å². The summed E-state index contributed by atoms with van der Waals surface area (Å²) < 4.78 is 0. The SMILES string of the molecule is NC(=O)c1ccsc1NC(=O)CNC1(C(=O)O)CCC1. The molecule has 5 N–H and O–H groups in total. The maximum absolute atomic E-state index is 11.8. The van der Waals surface area contributed by atoms with E-state index in [0.29, 0.717) is 17.8 Å². The van der Waals surface area contributed by atoms with E-state index in [9.17, 15) is 14.4 Å². The van der Waals surface area contributed by atoms with Crippen molar-refractivity contribution in [3.63, 3.8) is 0 Å². The number of nitrogens with two attached hydrogens (primary N) is 1. The van der Waals surface area contributed by atoms with E-state index in [-0.39, 0.29) is 12.1 Å². The molecule has 7 nitrogen and oxygen atoms in total. The van der Waals surface area contributed by atoms with E-state index in [2.05, 4.69) is 10.6 Å². The van der Waals surface area contributed by atoms with Crippen LogP contribution in [0.25, 0.3) is 0 Å². The fraction of sp³-hybridized carbons (Fsp3) is 0.417. The molecule has 0 radical (unpaired) electrons. The van der Waals surface area contributed by atoms with Gasteiger partial charge >= 0.3 is 5.97 Å². The van der Waals surface area contributed by atoms with Crippen LogP contribution in [0.15, 0.2) is 11.4 Å². The Labute approximate surface area is 119 Å². The van der Waals surface area contributed by atoms with E-state index in [1.54, 1.807) is 5.38 Å². The van der Waals surface area contributed by atoms with Gasteiger partial charge < -0.3 is 16.2 Å². The van der Waals surface area contributed by atoms with Crippen LogP contribution >= 0.6 is 11.3 Å². The molecular formula is C12H15N3O4S. The molecule has 0 saturated heterocycles. The van der Waals surface area contributed by atoms with Gasteiger partial charge in [0.15, 0.2) is 0 Å². The molecule has 0 bridgehead atoms. The number of hydrogen-bond acceptors (Lipinski definition) is 5. The third-order valence-electron chi connectivity index (χ3n) is 3.39. The van der Waals surface area contributed by atoms with Gasteiger partial charge in [0.25, 0.3) is 5.91 Å². The number of primary amides is 1. The molecule has 1 saturated carbocycles. The van der Waals surface area contributed by atoms with Gasteiger partial charge in [-0.2, -0.15) is 0 Å². The molecule has 0 atom stereocenters. The Bertz CT molecular complexity index is 551. The van der Waals surface area contributed by atoms with E-state index < -0.39 is 23.3 Å². The summed E-state index contributed by atoms with van der Waals surface area (Å²) in [4.78, 5) is 34.0. The standard InChI is InChI=1S/C12H15N3O4S/c13-9(17)7-2-5-20-10(7)15-8(16)6-14-12(11(18)19)3-1-4-12/h2,5,14H,1,3-4,6H2,(H2,13,17)(H,15,16)(H,18,19). The molecule has 8 heteroatoms. The number of hydrogen-bond donors (Lipinski definition) is 4. The first-order chi connectivity index (χ1) is 9.44. The molecule has 1 aliphatic rings. The molecule has 1 aliphatic carbocycles. The number of carboxylic acids is 1. The summed E-state index contributed by atoms with van der Waals surface area (Å²) in [6.07, 6.45) is 1.86. The number of carbonyl (C=O) groups excluding carboxylic acids is 2. The van der Waals surface area contributed by atoms with Crippen LogP contribution in [0.4, 0.5) is 5.00 Å². The number of nitrogens with one attached hydrogen (secondary N) is 2. The van der Waals surface area contributed by atoms with E-state index in [0.717, 1.165) is 6.42 Å². The summed E-state index contributed by atoms with van der Waals surface area (Å²) >= 11 is 1.19. The lowest BCUT2D eigenvalue weighted by molar-refractivity contribution is -0.148. The van der Waals surface area contributed by atoms with Gasteiger partial charge in [-0.3, -0.25) is 19.7 Å². The predicted molar refractivity (Wildman–Crippen MR) is 73.7 cm³/mol. The highest BCUT2D eigenvalue weighted by Gasteiger charge is 2.44. The molecule has 0 spiro atoms. The Morgan fingerprint density at radius 2 is 2.10 bits per heavy atom. The molecule has 0 aliphatic heterocycles. The van der Waals surface area contributed by atoms with Crippen LogP contribution in [-0.4, -0.2) is 35.0 Å². The second-order valence-corrected chi connectivity index (χ2v) is 5.59. The largest absolute Gasteiger partial charge is 0.480 e. The number of carbonyl (C=O) groups is 3. The Morgan fingerprint density at radius 3 is 2.60 bits per heavy atom. The molecule has 20 heavy (non-hydrogen) atoms. The van der Waals surface area contributed by atoms with E-state index >= 15 is 0 Å². The summed E-state index contributed by atoms with van der Waals surface area (Å²) in [5.41, 5.74) is 4.43. The Balaban J connectivity index is 1.91. The first-order valence-corrected chi connectivity index (χ1v) is 6.98. The van der Waals surface area contributed by atoms with Crippen LogP contribution in [-0.2, 0) is 9.59 Å². The average Bonchev–Trinajstić information content (AvgIpc) is 2.75. The van der Waals surface area contributed by atoms with E-state index in [1.165, 1.54) is 17.4 Å². The summed E-state index contributed by atoms with van der Waals surface area (Å²) in [7, 11) is 0. The van der Waals surface area contributed by atoms with Crippen LogP contribution in [0.2, 0.25) is 0 Å². The quantitative estimate of drug-likeness (QED) is 0.605. The normalized spacial score (nSPS) is 16.2. The lowest BCUT2D eigenvalue weighted by Gasteiger charge is -2.38. The van der Waals surface area contributed by atoms with Gasteiger partial charge in [-0.15, -0.1) is 11.3 Å². The molecule has 1 aromatic heterocycles. The van der Waals surface area contributed by atoms with Gasteiger partial charge in [-0.25, -0.2) is 0 Å². The van der Waals surface area contributed by atoms with Crippen molar-refractivity contribution in [3.8, 4) is 0 Å². The second kappa shape index (κ2) is 5.59. The van der Waals surface area contributed by atoms with Crippen molar-refractivity contribution in [2.24, 2.45) is 5.73 Å². The number of amides is 2. The summed E-state index contributed by atoms with van der Waals surface area (Å²) in [6, 6.07) is 1.53. The number of rotatable bonds is 6. The van der Waals surface area contributed by atoms with Crippen LogP contribution < -0.4 is 16.4 Å². The topological polar surface area (TPSA) is 122 Å². The molecule has 2 amide bonds. The number of carboxylic acid groups (broad SMARTS) is 1. The Morgan fingerprint density at radius 1 is 1.40 bits per heavy atom. The molecule has 2 rings (SSSR count). The van der Waals surface area contributed by atoms with Gasteiger partial charge in [-0.05, 0) is 30.7 Å². The second-order valence-electron chi connectivity index (χ2n) is 4.67. The minimum absolute atomic E-state index is 0.123. The number of aliphatic carboxylic acids is 1. The third-order valence-corrected chi connectivity index (χ3v) is 4.22. The summed E-state index contributed by atoms with van der Waals surface area (Å²) in [6.45, 7) is -0.123. The van der Waals surface area contributed by atoms with E-state index in [1.807, 2.05) is 0 Å². The lowest BCUT2D eigenvalue weighted by atomic mass is 9.77. The third kappa shape index (κ3) is 2.81. The highest BCUT2D eigenvalue weighted by molar-refractivity contribution is 7.14. The van der Waals surface area contributed by atoms with Crippen molar-refractivity contribution >= 4 is 34.1 Å². The molecular weight excluding hydrogens is 282 g/mol. The molecule has 1 fully saturated rings. The lowest BCUT2D eigenvalue weighted by Crippen LogP contribution is -2.58. The molecule has 0 unspecified atom stereocenters. The Kier molecular flexibility index (Phi) is 4.05. The molecule has 108 valence electrons. The van der Waals surface area contributed by atoms with Crippen molar-refractivity contribution in [3.05, 3.63) is 17.0 Å². The summed E-state index contributed by atoms with van der Waals surface area (Å²) in [5, 5.41) is 16.5. The maximum Gasteiger partial charge on any atom is 0.323 e. The zero-order valence-corrected chi connectivity index (χ0v) is 11.5. The maximum atomic E-state index is 11.8. The minimum atomic E-state index is -0.987. The average molecular weight is 297 g/mol. The predicted octanol–water partition coefficient (Wildman–Crippen LogP) is 0.382. The molecule has 1 aromatic rings. The van der Waals surface area contributed by atoms with Gasteiger partial charge in [0.2, 0.25) is 5.91 Å². The first kappa shape index (κ1) is 14.5.